The number of benzene rings is 1. The van der Waals surface area contributed by atoms with E-state index in [4.69, 9.17) is 9.68 Å². The molecule has 0 aliphatic rings. The number of nitriles is 1. The third-order valence-electron chi connectivity index (χ3n) is 3.05. The van der Waals surface area contributed by atoms with Crippen LogP contribution < -0.4 is 10.6 Å². The second-order valence-corrected chi connectivity index (χ2v) is 4.62. The zero-order chi connectivity index (χ0) is 17.4. The number of para-hydroxylation sites is 1. The number of carbonyl (C=O) groups is 2. The van der Waals surface area contributed by atoms with Crippen LogP contribution in [-0.2, 0) is 16.1 Å². The fourth-order valence-corrected chi connectivity index (χ4v) is 1.89. The summed E-state index contributed by atoms with van der Waals surface area (Å²) >= 11 is 0. The standard InChI is InChI=1S/C17H15N3O4/c1-23-17(22)14-6-2-3-7-15(14)20-16(21)12(9-18)10-19-11-13-5-4-8-24-13/h2-8,10,19H,11H2,1H3,(H,20,21)/b12-10-. The van der Waals surface area contributed by atoms with Crippen molar-refractivity contribution in [3.63, 3.8) is 0 Å². The second-order valence-electron chi connectivity index (χ2n) is 4.62. The molecule has 0 aliphatic carbocycles. The van der Waals surface area contributed by atoms with Crippen molar-refractivity contribution in [1.29, 1.82) is 5.26 Å². The van der Waals surface area contributed by atoms with E-state index in [1.165, 1.54) is 25.6 Å². The first-order chi connectivity index (χ1) is 11.7. The van der Waals surface area contributed by atoms with Gasteiger partial charge in [0.05, 0.1) is 31.2 Å². The van der Waals surface area contributed by atoms with E-state index in [0.717, 1.165) is 0 Å². The summed E-state index contributed by atoms with van der Waals surface area (Å²) in [5, 5.41) is 14.5. The minimum atomic E-state index is -0.638. The highest BCUT2D eigenvalue weighted by Crippen LogP contribution is 2.16. The fourth-order valence-electron chi connectivity index (χ4n) is 1.89. The number of nitrogens with one attached hydrogen (secondary N) is 2. The molecule has 24 heavy (non-hydrogen) atoms. The van der Waals surface area contributed by atoms with E-state index in [0.29, 0.717) is 12.3 Å². The lowest BCUT2D eigenvalue weighted by Gasteiger charge is -2.09. The summed E-state index contributed by atoms with van der Waals surface area (Å²) in [6.45, 7) is 0.338. The lowest BCUT2D eigenvalue weighted by atomic mass is 10.1. The number of furan rings is 1. The average molecular weight is 325 g/mol. The molecule has 7 nitrogen and oxygen atoms in total. The van der Waals surface area contributed by atoms with E-state index < -0.39 is 11.9 Å². The van der Waals surface area contributed by atoms with Crippen LogP contribution >= 0.6 is 0 Å². The van der Waals surface area contributed by atoms with Gasteiger partial charge in [0, 0.05) is 6.20 Å². The summed E-state index contributed by atoms with van der Waals surface area (Å²) in [5.41, 5.74) is 0.331. The molecule has 0 unspecified atom stereocenters. The Morgan fingerprint density at radius 1 is 1.29 bits per heavy atom. The lowest BCUT2D eigenvalue weighted by Crippen LogP contribution is -2.18. The van der Waals surface area contributed by atoms with Gasteiger partial charge in [-0.1, -0.05) is 12.1 Å². The summed E-state index contributed by atoms with van der Waals surface area (Å²) in [5.74, 6) is -0.551. The molecule has 0 aliphatic heterocycles. The molecule has 0 atom stereocenters. The van der Waals surface area contributed by atoms with E-state index in [2.05, 4.69) is 15.4 Å². The Bertz CT molecular complexity index is 788. The first kappa shape index (κ1) is 16.8. The Kier molecular flexibility index (Phi) is 5.75. The van der Waals surface area contributed by atoms with Crippen LogP contribution in [0.1, 0.15) is 16.1 Å². The van der Waals surface area contributed by atoms with Crippen LogP contribution in [-0.4, -0.2) is 19.0 Å². The molecule has 0 saturated heterocycles. The van der Waals surface area contributed by atoms with Crippen molar-refractivity contribution < 1.29 is 18.7 Å². The summed E-state index contributed by atoms with van der Waals surface area (Å²) in [4.78, 5) is 23.9. The number of carbonyl (C=O) groups excluding carboxylic acids is 2. The lowest BCUT2D eigenvalue weighted by molar-refractivity contribution is -0.112. The van der Waals surface area contributed by atoms with Crippen molar-refractivity contribution in [2.24, 2.45) is 0 Å². The Morgan fingerprint density at radius 3 is 2.75 bits per heavy atom. The minimum absolute atomic E-state index is 0.138. The molecule has 0 radical (unpaired) electrons. The summed E-state index contributed by atoms with van der Waals surface area (Å²) < 4.78 is 9.79. The average Bonchev–Trinajstić information content (AvgIpc) is 3.12. The zero-order valence-electron chi connectivity index (χ0n) is 12.9. The Balaban J connectivity index is 2.07. The summed E-state index contributed by atoms with van der Waals surface area (Å²) in [6, 6.07) is 11.7. The Labute approximate surface area is 138 Å². The number of hydrogen-bond donors (Lipinski definition) is 2. The predicted molar refractivity (Wildman–Crippen MR) is 85.7 cm³/mol. The van der Waals surface area contributed by atoms with E-state index in [1.807, 2.05) is 0 Å². The maximum Gasteiger partial charge on any atom is 0.339 e. The van der Waals surface area contributed by atoms with E-state index in [1.54, 1.807) is 36.4 Å². The molecule has 1 amide bonds. The molecule has 2 rings (SSSR count). The van der Waals surface area contributed by atoms with Crippen molar-refractivity contribution in [3.05, 3.63) is 65.8 Å². The second kappa shape index (κ2) is 8.19. The van der Waals surface area contributed by atoms with Gasteiger partial charge in [-0.3, -0.25) is 4.79 Å². The van der Waals surface area contributed by atoms with Crippen LogP contribution in [0.25, 0.3) is 0 Å². The molecule has 1 aromatic heterocycles. The largest absolute Gasteiger partial charge is 0.467 e. The molecule has 0 spiro atoms. The molecule has 0 saturated carbocycles. The highest BCUT2D eigenvalue weighted by Gasteiger charge is 2.15. The maximum atomic E-state index is 12.2. The maximum absolute atomic E-state index is 12.2. The van der Waals surface area contributed by atoms with Crippen LogP contribution in [0.5, 0.6) is 0 Å². The predicted octanol–water partition coefficient (Wildman–Crippen LogP) is 2.20. The molecule has 0 bridgehead atoms. The number of nitrogens with zero attached hydrogens (tertiary/aromatic N) is 1. The first-order valence-electron chi connectivity index (χ1n) is 7.00. The highest BCUT2D eigenvalue weighted by molar-refractivity contribution is 6.09. The SMILES string of the molecule is COC(=O)c1ccccc1NC(=O)/C(C#N)=C\NCc1ccco1. The molecule has 122 valence electrons. The molecule has 2 aromatic rings. The van der Waals surface area contributed by atoms with Gasteiger partial charge in [0.1, 0.15) is 17.4 Å². The normalized spacial score (nSPS) is 10.6. The number of anilines is 1. The molecule has 7 heteroatoms. The minimum Gasteiger partial charge on any atom is -0.467 e. The number of rotatable bonds is 6. The highest BCUT2D eigenvalue weighted by atomic mass is 16.5. The van der Waals surface area contributed by atoms with Crippen LogP contribution in [0, 0.1) is 11.3 Å². The number of esters is 1. The number of ether oxygens (including phenoxy) is 1. The van der Waals surface area contributed by atoms with Crippen LogP contribution in [0.4, 0.5) is 5.69 Å². The van der Waals surface area contributed by atoms with E-state index in [-0.39, 0.29) is 16.8 Å². The van der Waals surface area contributed by atoms with Crippen LogP contribution in [0.3, 0.4) is 0 Å². The monoisotopic (exact) mass is 325 g/mol. The molecule has 1 heterocycles. The number of hydrogen-bond acceptors (Lipinski definition) is 6. The number of amides is 1. The third kappa shape index (κ3) is 4.24. The summed E-state index contributed by atoms with van der Waals surface area (Å²) in [7, 11) is 1.25. The third-order valence-corrected chi connectivity index (χ3v) is 3.05. The van der Waals surface area contributed by atoms with Crippen molar-refractivity contribution in [1.82, 2.24) is 5.32 Å². The van der Waals surface area contributed by atoms with Gasteiger partial charge in [-0.05, 0) is 24.3 Å². The molecule has 2 N–H and O–H groups in total. The Morgan fingerprint density at radius 2 is 2.08 bits per heavy atom. The summed E-state index contributed by atoms with van der Waals surface area (Å²) in [6.07, 6.45) is 2.82. The smallest absolute Gasteiger partial charge is 0.339 e. The molecule has 1 aromatic carbocycles. The van der Waals surface area contributed by atoms with Gasteiger partial charge in [0.25, 0.3) is 5.91 Å². The van der Waals surface area contributed by atoms with Crippen molar-refractivity contribution in [2.45, 2.75) is 6.54 Å². The molecule has 0 fully saturated rings. The van der Waals surface area contributed by atoms with Crippen molar-refractivity contribution in [2.75, 3.05) is 12.4 Å². The van der Waals surface area contributed by atoms with Gasteiger partial charge in [-0.25, -0.2) is 4.79 Å². The van der Waals surface area contributed by atoms with Crippen LogP contribution in [0.15, 0.2) is 58.9 Å². The van der Waals surface area contributed by atoms with Gasteiger partial charge in [0.2, 0.25) is 0 Å². The molecular formula is C17H15N3O4. The fraction of sp³-hybridized carbons (Fsp3) is 0.118. The van der Waals surface area contributed by atoms with Gasteiger partial charge < -0.3 is 19.8 Å². The first-order valence-corrected chi connectivity index (χ1v) is 7.00. The van der Waals surface area contributed by atoms with E-state index >= 15 is 0 Å². The zero-order valence-corrected chi connectivity index (χ0v) is 12.9. The van der Waals surface area contributed by atoms with Crippen molar-refractivity contribution in [3.8, 4) is 6.07 Å². The van der Waals surface area contributed by atoms with Gasteiger partial charge in [0.15, 0.2) is 0 Å². The van der Waals surface area contributed by atoms with Gasteiger partial charge >= 0.3 is 5.97 Å². The van der Waals surface area contributed by atoms with Crippen molar-refractivity contribution >= 4 is 17.6 Å². The van der Waals surface area contributed by atoms with Crippen LogP contribution in [0.2, 0.25) is 0 Å². The quantitative estimate of drug-likeness (QED) is 0.479. The van der Waals surface area contributed by atoms with E-state index in [9.17, 15) is 9.59 Å². The molecular weight excluding hydrogens is 310 g/mol. The number of methoxy groups -OCH3 is 1. The Hall–Kier alpha value is -3.53. The van der Waals surface area contributed by atoms with Gasteiger partial charge in [-0.2, -0.15) is 5.26 Å². The topological polar surface area (TPSA) is 104 Å². The van der Waals surface area contributed by atoms with Gasteiger partial charge in [-0.15, -0.1) is 0 Å².